The van der Waals surface area contributed by atoms with Crippen molar-refractivity contribution in [1.82, 2.24) is 14.5 Å². The first kappa shape index (κ1) is 13.3. The quantitative estimate of drug-likeness (QED) is 0.856. The molecule has 0 unspecified atom stereocenters. The van der Waals surface area contributed by atoms with E-state index in [9.17, 15) is 0 Å². The minimum absolute atomic E-state index is 0.824. The lowest BCUT2D eigenvalue weighted by Crippen LogP contribution is -2.32. The number of fused-ring (bicyclic) bond motifs is 1. The third-order valence-corrected chi connectivity index (χ3v) is 4.64. The molecule has 1 N–H and O–H groups in total. The van der Waals surface area contributed by atoms with Crippen molar-refractivity contribution in [1.29, 1.82) is 0 Å². The molecule has 1 aromatic heterocycles. The highest BCUT2D eigenvalue weighted by Crippen LogP contribution is 2.20. The summed E-state index contributed by atoms with van der Waals surface area (Å²) in [5.74, 6) is 0. The van der Waals surface area contributed by atoms with Crippen LogP contribution in [0.2, 0.25) is 0 Å². The van der Waals surface area contributed by atoms with Crippen molar-refractivity contribution in [3.63, 3.8) is 0 Å². The van der Waals surface area contributed by atoms with E-state index < -0.39 is 0 Å². The Bertz CT molecular complexity index is 625. The molecule has 1 aliphatic rings. The van der Waals surface area contributed by atoms with Gasteiger partial charge in [-0.15, -0.1) is 0 Å². The number of piperidine rings is 1. The Kier molecular flexibility index (Phi) is 4.05. The molecule has 19 heavy (non-hydrogen) atoms. The first-order valence-corrected chi connectivity index (χ1v) is 8.04. The van der Waals surface area contributed by atoms with E-state index in [0.717, 1.165) is 27.8 Å². The van der Waals surface area contributed by atoms with E-state index in [4.69, 9.17) is 12.2 Å². The second-order valence-electron chi connectivity index (χ2n) is 5.15. The smallest absolute Gasteiger partial charge is 0.178 e. The molecule has 0 amide bonds. The van der Waals surface area contributed by atoms with Crippen molar-refractivity contribution in [2.24, 2.45) is 0 Å². The normalized spacial score (nSPS) is 17.1. The van der Waals surface area contributed by atoms with Gasteiger partial charge in [0.1, 0.15) is 0 Å². The third-order valence-electron chi connectivity index (χ3n) is 3.83. The van der Waals surface area contributed by atoms with Crippen LogP contribution in [0.25, 0.3) is 11.0 Å². The summed E-state index contributed by atoms with van der Waals surface area (Å²) in [6.07, 6.45) is 4.06. The summed E-state index contributed by atoms with van der Waals surface area (Å²) < 4.78 is 4.13. The lowest BCUT2D eigenvalue weighted by atomic mass is 10.1. The molecule has 1 aliphatic heterocycles. The van der Waals surface area contributed by atoms with Crippen LogP contribution in [0.15, 0.2) is 22.7 Å². The van der Waals surface area contributed by atoms with Crippen molar-refractivity contribution in [3.05, 3.63) is 27.4 Å². The number of benzene rings is 1. The van der Waals surface area contributed by atoms with Crippen LogP contribution in [0.3, 0.4) is 0 Å². The third kappa shape index (κ3) is 2.93. The van der Waals surface area contributed by atoms with Gasteiger partial charge in [0, 0.05) is 17.6 Å². The van der Waals surface area contributed by atoms with Gasteiger partial charge in [-0.05, 0) is 56.3 Å². The molecule has 1 saturated heterocycles. The van der Waals surface area contributed by atoms with Gasteiger partial charge < -0.3 is 14.5 Å². The predicted octanol–water partition coefficient (Wildman–Crippen LogP) is 3.95. The van der Waals surface area contributed by atoms with Crippen LogP contribution in [0.5, 0.6) is 0 Å². The van der Waals surface area contributed by atoms with E-state index in [1.807, 2.05) is 6.07 Å². The summed E-state index contributed by atoms with van der Waals surface area (Å²) in [5, 5.41) is 0. The molecule has 0 saturated carbocycles. The molecule has 102 valence electrons. The van der Waals surface area contributed by atoms with E-state index in [1.165, 1.54) is 37.9 Å². The van der Waals surface area contributed by atoms with Gasteiger partial charge in [-0.25, -0.2) is 0 Å². The van der Waals surface area contributed by atoms with Crippen LogP contribution >= 0.6 is 28.1 Å². The number of hydrogen-bond donors (Lipinski definition) is 1. The van der Waals surface area contributed by atoms with Crippen molar-refractivity contribution in [3.8, 4) is 0 Å². The highest BCUT2D eigenvalue weighted by Gasteiger charge is 2.11. The van der Waals surface area contributed by atoms with Gasteiger partial charge in [0.15, 0.2) is 4.77 Å². The standard InChI is InChI=1S/C14H18BrN3S/c15-11-4-5-12-13(10-11)18(14(19)16-12)9-8-17-6-2-1-3-7-17/h4-5,10H,1-3,6-9H2,(H,16,19). The SMILES string of the molecule is S=c1[nH]c2ccc(Br)cc2n1CCN1CCCCC1. The number of hydrogen-bond acceptors (Lipinski definition) is 2. The number of halogens is 1. The Morgan fingerprint density at radius 2 is 1.95 bits per heavy atom. The van der Waals surface area contributed by atoms with Crippen LogP contribution in [0.4, 0.5) is 0 Å². The zero-order valence-electron chi connectivity index (χ0n) is 10.9. The number of aromatic amines is 1. The second kappa shape index (κ2) is 5.77. The van der Waals surface area contributed by atoms with E-state index in [0.29, 0.717) is 0 Å². The maximum atomic E-state index is 5.44. The zero-order chi connectivity index (χ0) is 13.2. The molecule has 0 radical (unpaired) electrons. The molecule has 0 aliphatic carbocycles. The topological polar surface area (TPSA) is 24.0 Å². The Labute approximate surface area is 126 Å². The van der Waals surface area contributed by atoms with Crippen molar-refractivity contribution in [2.75, 3.05) is 19.6 Å². The average Bonchev–Trinajstić information content (AvgIpc) is 2.73. The first-order chi connectivity index (χ1) is 9.24. The molecule has 2 heterocycles. The predicted molar refractivity (Wildman–Crippen MR) is 85.1 cm³/mol. The van der Waals surface area contributed by atoms with Gasteiger partial charge in [-0.1, -0.05) is 22.4 Å². The second-order valence-corrected chi connectivity index (χ2v) is 6.45. The lowest BCUT2D eigenvalue weighted by Gasteiger charge is -2.26. The molecule has 5 heteroatoms. The average molecular weight is 340 g/mol. The van der Waals surface area contributed by atoms with E-state index in [-0.39, 0.29) is 0 Å². The Balaban J connectivity index is 1.81. The van der Waals surface area contributed by atoms with Gasteiger partial charge in [-0.2, -0.15) is 0 Å². The number of aromatic nitrogens is 2. The summed E-state index contributed by atoms with van der Waals surface area (Å²) in [6, 6.07) is 6.26. The number of H-pyrrole nitrogens is 1. The number of nitrogens with one attached hydrogen (secondary N) is 1. The molecular formula is C14H18BrN3S. The number of imidazole rings is 1. The minimum Gasteiger partial charge on any atom is -0.331 e. The van der Waals surface area contributed by atoms with E-state index in [1.54, 1.807) is 0 Å². The number of rotatable bonds is 3. The summed E-state index contributed by atoms with van der Waals surface area (Å²) in [7, 11) is 0. The van der Waals surface area contributed by atoms with Crippen molar-refractivity contribution >= 4 is 39.2 Å². The molecular weight excluding hydrogens is 322 g/mol. The number of nitrogens with zero attached hydrogens (tertiary/aromatic N) is 2. The molecule has 0 atom stereocenters. The van der Waals surface area contributed by atoms with Gasteiger partial charge in [0.05, 0.1) is 11.0 Å². The fourth-order valence-electron chi connectivity index (χ4n) is 2.77. The molecule has 2 aromatic rings. The number of likely N-dealkylation sites (tertiary alicyclic amines) is 1. The maximum absolute atomic E-state index is 5.44. The lowest BCUT2D eigenvalue weighted by molar-refractivity contribution is 0.221. The first-order valence-electron chi connectivity index (χ1n) is 6.84. The van der Waals surface area contributed by atoms with Crippen molar-refractivity contribution in [2.45, 2.75) is 25.8 Å². The summed E-state index contributed by atoms with van der Waals surface area (Å²) in [6.45, 7) is 4.53. The highest BCUT2D eigenvalue weighted by molar-refractivity contribution is 9.10. The fraction of sp³-hybridized carbons (Fsp3) is 0.500. The summed E-state index contributed by atoms with van der Waals surface area (Å²) in [5.41, 5.74) is 2.31. The monoisotopic (exact) mass is 339 g/mol. The Hall–Kier alpha value is -0.650. The van der Waals surface area contributed by atoms with Crippen LogP contribution in [0.1, 0.15) is 19.3 Å². The maximum Gasteiger partial charge on any atom is 0.178 e. The van der Waals surface area contributed by atoms with Crippen LogP contribution in [-0.2, 0) is 6.54 Å². The molecule has 1 fully saturated rings. The summed E-state index contributed by atoms with van der Waals surface area (Å²) >= 11 is 8.97. The molecule has 0 bridgehead atoms. The van der Waals surface area contributed by atoms with Crippen LogP contribution in [-0.4, -0.2) is 34.1 Å². The van der Waals surface area contributed by atoms with Gasteiger partial charge in [0.25, 0.3) is 0 Å². The van der Waals surface area contributed by atoms with Crippen molar-refractivity contribution < 1.29 is 0 Å². The van der Waals surface area contributed by atoms with Gasteiger partial charge >= 0.3 is 0 Å². The van der Waals surface area contributed by atoms with Crippen LogP contribution in [0, 0.1) is 4.77 Å². The van der Waals surface area contributed by atoms with Crippen LogP contribution < -0.4 is 0 Å². The molecule has 3 nitrogen and oxygen atoms in total. The van der Waals surface area contributed by atoms with E-state index in [2.05, 4.69) is 42.5 Å². The Morgan fingerprint density at radius 1 is 1.16 bits per heavy atom. The minimum atomic E-state index is 0.824. The van der Waals surface area contributed by atoms with Gasteiger partial charge in [-0.3, -0.25) is 0 Å². The summed E-state index contributed by atoms with van der Waals surface area (Å²) in [4.78, 5) is 5.82. The molecule has 3 rings (SSSR count). The zero-order valence-corrected chi connectivity index (χ0v) is 13.3. The fourth-order valence-corrected chi connectivity index (χ4v) is 3.42. The molecule has 0 spiro atoms. The molecule has 1 aromatic carbocycles. The Morgan fingerprint density at radius 3 is 2.74 bits per heavy atom. The van der Waals surface area contributed by atoms with Gasteiger partial charge in [0.2, 0.25) is 0 Å². The van der Waals surface area contributed by atoms with E-state index >= 15 is 0 Å². The highest BCUT2D eigenvalue weighted by atomic mass is 79.9. The largest absolute Gasteiger partial charge is 0.331 e.